The van der Waals surface area contributed by atoms with Gasteiger partial charge in [0, 0.05) is 12.6 Å². The quantitative estimate of drug-likeness (QED) is 0.899. The van der Waals surface area contributed by atoms with E-state index >= 15 is 0 Å². The van der Waals surface area contributed by atoms with Crippen molar-refractivity contribution in [3.05, 3.63) is 29.6 Å². The highest BCUT2D eigenvalue weighted by Gasteiger charge is 2.31. The number of carboxylic acids is 1. The van der Waals surface area contributed by atoms with Gasteiger partial charge in [0.1, 0.15) is 5.82 Å². The molecule has 2 rings (SSSR count). The second kappa shape index (κ2) is 6.11. The fraction of sp³-hybridized carbons (Fsp3) is 0.467. The maximum Gasteiger partial charge on any atom is 0.337 e. The Morgan fingerprint density at radius 1 is 1.43 bits per heavy atom. The Labute approximate surface area is 122 Å². The third kappa shape index (κ3) is 3.15. The van der Waals surface area contributed by atoms with Gasteiger partial charge in [0.2, 0.25) is 0 Å². The monoisotopic (exact) mass is 294 g/mol. The van der Waals surface area contributed by atoms with E-state index in [0.29, 0.717) is 12.5 Å². The smallest absolute Gasteiger partial charge is 0.337 e. The zero-order valence-corrected chi connectivity index (χ0v) is 12.1. The molecule has 1 unspecified atom stereocenters. The fourth-order valence-corrected chi connectivity index (χ4v) is 2.75. The lowest BCUT2D eigenvalue weighted by molar-refractivity contribution is 0.0697. The summed E-state index contributed by atoms with van der Waals surface area (Å²) in [5.74, 6) is -1.71. The van der Waals surface area contributed by atoms with E-state index in [-0.39, 0.29) is 17.3 Å². The molecule has 114 valence electrons. The lowest BCUT2D eigenvalue weighted by atomic mass is 10.0. The molecule has 5 nitrogen and oxygen atoms in total. The molecule has 1 aromatic rings. The van der Waals surface area contributed by atoms with Crippen LogP contribution in [0.3, 0.4) is 0 Å². The summed E-state index contributed by atoms with van der Waals surface area (Å²) in [5.41, 5.74) is -0.520. The Kier molecular flexibility index (Phi) is 4.45. The van der Waals surface area contributed by atoms with E-state index in [9.17, 15) is 14.0 Å². The average molecular weight is 294 g/mol. The van der Waals surface area contributed by atoms with Gasteiger partial charge in [-0.25, -0.2) is 14.0 Å². The predicted octanol–water partition coefficient (Wildman–Crippen LogP) is 3.18. The molecule has 0 radical (unpaired) electrons. The Morgan fingerprint density at radius 2 is 2.14 bits per heavy atom. The number of amides is 2. The number of carbonyl (C=O) groups excluding carboxylic acids is 1. The summed E-state index contributed by atoms with van der Waals surface area (Å²) in [5, 5.41) is 11.5. The largest absolute Gasteiger partial charge is 0.478 e. The average Bonchev–Trinajstić information content (AvgIpc) is 2.90. The molecular formula is C15H19FN2O3. The molecule has 1 aliphatic rings. The van der Waals surface area contributed by atoms with Crippen LogP contribution >= 0.6 is 0 Å². The number of urea groups is 1. The Hall–Kier alpha value is -2.11. The van der Waals surface area contributed by atoms with Crippen LogP contribution in [0.5, 0.6) is 0 Å². The summed E-state index contributed by atoms with van der Waals surface area (Å²) in [6.07, 6.45) is 1.81. The molecule has 1 aliphatic heterocycles. The molecule has 2 N–H and O–H groups in total. The van der Waals surface area contributed by atoms with Crippen molar-refractivity contribution in [2.75, 3.05) is 11.9 Å². The Balaban J connectivity index is 2.22. The first kappa shape index (κ1) is 15.3. The summed E-state index contributed by atoms with van der Waals surface area (Å²) in [7, 11) is 0. The normalized spacial score (nSPS) is 18.1. The van der Waals surface area contributed by atoms with Gasteiger partial charge < -0.3 is 15.3 Å². The number of halogens is 1. The highest BCUT2D eigenvalue weighted by molar-refractivity contribution is 6.00. The van der Waals surface area contributed by atoms with Gasteiger partial charge in [-0.15, -0.1) is 0 Å². The van der Waals surface area contributed by atoms with Gasteiger partial charge in [0.25, 0.3) is 0 Å². The molecule has 0 spiro atoms. The van der Waals surface area contributed by atoms with Crippen LogP contribution in [0.15, 0.2) is 18.2 Å². The van der Waals surface area contributed by atoms with E-state index in [1.807, 2.05) is 13.8 Å². The molecule has 0 saturated carbocycles. The number of carboxylic acid groups (broad SMARTS) is 1. The molecule has 1 aromatic carbocycles. The predicted molar refractivity (Wildman–Crippen MR) is 76.9 cm³/mol. The van der Waals surface area contributed by atoms with Crippen molar-refractivity contribution in [2.24, 2.45) is 5.92 Å². The highest BCUT2D eigenvalue weighted by atomic mass is 19.1. The van der Waals surface area contributed by atoms with E-state index in [1.165, 1.54) is 12.1 Å². The van der Waals surface area contributed by atoms with Crippen LogP contribution in [-0.2, 0) is 0 Å². The summed E-state index contributed by atoms with van der Waals surface area (Å²) in [6, 6.07) is 3.36. The minimum Gasteiger partial charge on any atom is -0.478 e. The van der Waals surface area contributed by atoms with E-state index < -0.39 is 17.8 Å². The van der Waals surface area contributed by atoms with Crippen LogP contribution in [0.2, 0.25) is 0 Å². The molecule has 1 fully saturated rings. The maximum atomic E-state index is 13.8. The zero-order chi connectivity index (χ0) is 15.6. The van der Waals surface area contributed by atoms with Crippen LogP contribution in [0.1, 0.15) is 37.0 Å². The van der Waals surface area contributed by atoms with Gasteiger partial charge >= 0.3 is 12.0 Å². The first-order valence-electron chi connectivity index (χ1n) is 7.01. The third-order valence-electron chi connectivity index (χ3n) is 3.81. The van der Waals surface area contributed by atoms with Crippen molar-refractivity contribution in [1.29, 1.82) is 0 Å². The lowest BCUT2D eigenvalue weighted by Gasteiger charge is -2.28. The van der Waals surface area contributed by atoms with Crippen LogP contribution in [0.25, 0.3) is 0 Å². The van der Waals surface area contributed by atoms with E-state index in [2.05, 4.69) is 5.32 Å². The van der Waals surface area contributed by atoms with Crippen LogP contribution in [0.4, 0.5) is 14.9 Å². The number of benzene rings is 1. The van der Waals surface area contributed by atoms with Gasteiger partial charge in [-0.05, 0) is 30.9 Å². The molecule has 0 aromatic heterocycles. The third-order valence-corrected chi connectivity index (χ3v) is 3.81. The number of nitrogens with one attached hydrogen (secondary N) is 1. The summed E-state index contributed by atoms with van der Waals surface area (Å²) in [6.45, 7) is 4.66. The molecule has 21 heavy (non-hydrogen) atoms. The molecule has 1 atom stereocenters. The number of rotatable bonds is 3. The number of nitrogens with zero attached hydrogens (tertiary/aromatic N) is 1. The van der Waals surface area contributed by atoms with Crippen molar-refractivity contribution < 1.29 is 19.1 Å². The van der Waals surface area contributed by atoms with Crippen molar-refractivity contribution in [3.63, 3.8) is 0 Å². The number of hydrogen-bond donors (Lipinski definition) is 2. The van der Waals surface area contributed by atoms with Crippen LogP contribution < -0.4 is 5.32 Å². The number of aromatic carboxylic acids is 1. The van der Waals surface area contributed by atoms with Crippen molar-refractivity contribution >= 4 is 17.7 Å². The summed E-state index contributed by atoms with van der Waals surface area (Å²) in [4.78, 5) is 25.1. The van der Waals surface area contributed by atoms with Gasteiger partial charge in [-0.1, -0.05) is 19.9 Å². The number of para-hydroxylation sites is 1. The SMILES string of the molecule is CC(C)C1CCCN1C(=O)Nc1c(F)cccc1C(=O)O. The second-order valence-electron chi connectivity index (χ2n) is 5.54. The number of likely N-dealkylation sites (tertiary alicyclic amines) is 1. The molecule has 1 saturated heterocycles. The summed E-state index contributed by atoms with van der Waals surface area (Å²) >= 11 is 0. The first-order valence-corrected chi connectivity index (χ1v) is 7.01. The molecule has 2 amide bonds. The topological polar surface area (TPSA) is 69.6 Å². The van der Waals surface area contributed by atoms with Gasteiger partial charge in [-0.3, -0.25) is 0 Å². The van der Waals surface area contributed by atoms with Gasteiger partial charge in [-0.2, -0.15) is 0 Å². The molecule has 0 aliphatic carbocycles. The second-order valence-corrected chi connectivity index (χ2v) is 5.54. The minimum atomic E-state index is -1.27. The Morgan fingerprint density at radius 3 is 2.76 bits per heavy atom. The van der Waals surface area contributed by atoms with Gasteiger partial charge in [0.05, 0.1) is 11.3 Å². The molecule has 6 heteroatoms. The van der Waals surface area contributed by atoms with Gasteiger partial charge in [0.15, 0.2) is 0 Å². The van der Waals surface area contributed by atoms with Crippen LogP contribution in [-0.4, -0.2) is 34.6 Å². The number of anilines is 1. The lowest BCUT2D eigenvalue weighted by Crippen LogP contribution is -2.41. The zero-order valence-electron chi connectivity index (χ0n) is 12.1. The van der Waals surface area contributed by atoms with Crippen LogP contribution in [0, 0.1) is 11.7 Å². The minimum absolute atomic E-state index is 0.102. The number of carbonyl (C=O) groups is 2. The van der Waals surface area contributed by atoms with Crippen molar-refractivity contribution in [3.8, 4) is 0 Å². The van der Waals surface area contributed by atoms with E-state index in [4.69, 9.17) is 5.11 Å². The van der Waals surface area contributed by atoms with Crippen molar-refractivity contribution in [1.82, 2.24) is 4.90 Å². The fourth-order valence-electron chi connectivity index (χ4n) is 2.75. The number of hydrogen-bond acceptors (Lipinski definition) is 2. The maximum absolute atomic E-state index is 13.8. The molecule has 0 bridgehead atoms. The standard InChI is InChI=1S/C15H19FN2O3/c1-9(2)12-7-4-8-18(12)15(21)17-13-10(14(19)20)5-3-6-11(13)16/h3,5-6,9,12H,4,7-8H2,1-2H3,(H,17,21)(H,19,20). The summed E-state index contributed by atoms with van der Waals surface area (Å²) < 4.78 is 13.8. The first-order chi connectivity index (χ1) is 9.91. The highest BCUT2D eigenvalue weighted by Crippen LogP contribution is 2.26. The van der Waals surface area contributed by atoms with E-state index in [0.717, 1.165) is 18.9 Å². The van der Waals surface area contributed by atoms with E-state index in [1.54, 1.807) is 4.90 Å². The Bertz CT molecular complexity index is 560. The van der Waals surface area contributed by atoms with Crippen molar-refractivity contribution in [2.45, 2.75) is 32.7 Å². The molecule has 1 heterocycles. The molecular weight excluding hydrogens is 275 g/mol.